The van der Waals surface area contributed by atoms with Crippen molar-refractivity contribution in [3.63, 3.8) is 0 Å². The van der Waals surface area contributed by atoms with Crippen LogP contribution in [0.25, 0.3) is 138 Å². The second kappa shape index (κ2) is 14.3. The number of fused-ring (bicyclic) bond motifs is 15. The lowest BCUT2D eigenvalue weighted by Gasteiger charge is -2.11. The van der Waals surface area contributed by atoms with Crippen LogP contribution in [0.15, 0.2) is 213 Å². The molecule has 0 saturated heterocycles. The monoisotopic (exact) mass is 909 g/mol. The van der Waals surface area contributed by atoms with Gasteiger partial charge in [-0.3, -0.25) is 13.7 Å². The van der Waals surface area contributed by atoms with Crippen LogP contribution >= 0.6 is 0 Å². The van der Waals surface area contributed by atoms with E-state index in [9.17, 15) is 0 Å². The Kier molecular flexibility index (Phi) is 7.64. The Morgan fingerprint density at radius 2 is 0.606 bits per heavy atom. The van der Waals surface area contributed by atoms with Gasteiger partial charge in [0.15, 0.2) is 6.33 Å². The van der Waals surface area contributed by atoms with Gasteiger partial charge in [0.2, 0.25) is 0 Å². The number of hydrogen-bond donors (Lipinski definition) is 0. The van der Waals surface area contributed by atoms with Crippen molar-refractivity contribution >= 4 is 109 Å². The zero-order chi connectivity index (χ0) is 46.3. The molecule has 0 spiro atoms. The molecule has 0 aliphatic heterocycles. The summed E-state index contributed by atoms with van der Waals surface area (Å²) >= 11 is 0. The van der Waals surface area contributed by atoms with Crippen molar-refractivity contribution in [2.45, 2.75) is 0 Å². The van der Waals surface area contributed by atoms with Crippen LogP contribution in [0.4, 0.5) is 0 Å². The third kappa shape index (κ3) is 5.25. The first kappa shape index (κ1) is 38.0. The van der Waals surface area contributed by atoms with Gasteiger partial charge in [0.25, 0.3) is 5.95 Å². The number of pyridine rings is 2. The minimum absolute atomic E-state index is 0.388. The summed E-state index contributed by atoms with van der Waals surface area (Å²) in [4.78, 5) is 9.65. The molecule has 71 heavy (non-hydrogen) atoms. The first-order valence-corrected chi connectivity index (χ1v) is 23.6. The van der Waals surface area contributed by atoms with Crippen molar-refractivity contribution in [2.24, 2.45) is 0 Å². The van der Waals surface area contributed by atoms with Gasteiger partial charge in [-0.05, 0) is 97.1 Å². The SMILES string of the molecule is c1ccc(-n2c3ccccc3c3ccc(-n4c5ccccc5c5cc6c7cc8c9ccccc9n(-c9ccc%10c%11ccccc%11n(-c%11ccccn%11)c%10c9)c8cc7n(-c7nncnn7)c6cc54)cc32)nc1. The van der Waals surface area contributed by atoms with E-state index in [1.54, 1.807) is 0 Å². The van der Waals surface area contributed by atoms with Gasteiger partial charge in [-0.2, -0.15) is 0 Å². The Morgan fingerprint density at radius 3 is 1.04 bits per heavy atom. The van der Waals surface area contributed by atoms with Gasteiger partial charge in [0.1, 0.15) is 11.6 Å². The topological polar surface area (TPSA) is 102 Å². The highest BCUT2D eigenvalue weighted by Gasteiger charge is 2.24. The molecule has 0 bridgehead atoms. The molecule has 11 nitrogen and oxygen atoms in total. The largest absolute Gasteiger partial charge is 0.309 e. The van der Waals surface area contributed by atoms with Crippen LogP contribution in [0.1, 0.15) is 0 Å². The van der Waals surface area contributed by atoms with Gasteiger partial charge in [-0.25, -0.2) is 9.97 Å². The van der Waals surface area contributed by atoms with Crippen LogP contribution < -0.4 is 0 Å². The molecule has 16 aromatic rings. The van der Waals surface area contributed by atoms with Crippen LogP contribution in [-0.2, 0) is 0 Å². The Morgan fingerprint density at radius 1 is 0.254 bits per heavy atom. The third-order valence-corrected chi connectivity index (χ3v) is 14.5. The van der Waals surface area contributed by atoms with Gasteiger partial charge in [-0.15, -0.1) is 20.4 Å². The second-order valence-electron chi connectivity index (χ2n) is 18.1. The van der Waals surface area contributed by atoms with Crippen LogP contribution in [0.2, 0.25) is 0 Å². The van der Waals surface area contributed by atoms with Crippen LogP contribution in [0, 0.1) is 0 Å². The maximum absolute atomic E-state index is 4.82. The van der Waals surface area contributed by atoms with E-state index < -0.39 is 0 Å². The zero-order valence-electron chi connectivity index (χ0n) is 37.6. The summed E-state index contributed by atoms with van der Waals surface area (Å²) in [7, 11) is 0. The van der Waals surface area contributed by atoms with Crippen LogP contribution in [-0.4, -0.2) is 53.2 Å². The van der Waals surface area contributed by atoms with Crippen molar-refractivity contribution in [1.29, 1.82) is 0 Å². The third-order valence-electron chi connectivity index (χ3n) is 14.5. The molecule has 0 unspecified atom stereocenters. The number of rotatable bonds is 5. The Balaban J connectivity index is 0.987. The number of benzene rings is 8. The van der Waals surface area contributed by atoms with E-state index in [0.717, 1.165) is 110 Å². The lowest BCUT2D eigenvalue weighted by molar-refractivity contribution is 0.801. The lowest BCUT2D eigenvalue weighted by atomic mass is 10.1. The summed E-state index contributed by atoms with van der Waals surface area (Å²) in [5, 5.41) is 29.2. The predicted molar refractivity (Wildman–Crippen MR) is 285 cm³/mol. The Labute approximate surface area is 402 Å². The number of para-hydroxylation sites is 4. The Hall–Kier alpha value is -10.00. The lowest BCUT2D eigenvalue weighted by Crippen LogP contribution is -2.04. The van der Waals surface area contributed by atoms with Crippen LogP contribution in [0.5, 0.6) is 0 Å². The normalized spacial score (nSPS) is 12.2. The van der Waals surface area contributed by atoms with Crippen molar-refractivity contribution in [2.75, 3.05) is 0 Å². The maximum Gasteiger partial charge on any atom is 0.273 e. The summed E-state index contributed by atoms with van der Waals surface area (Å²) < 4.78 is 11.4. The summed E-state index contributed by atoms with van der Waals surface area (Å²) in [5.41, 5.74) is 12.7. The highest BCUT2D eigenvalue weighted by molar-refractivity contribution is 6.23. The highest BCUT2D eigenvalue weighted by Crippen LogP contribution is 2.44. The quantitative estimate of drug-likeness (QED) is 0.170. The molecule has 8 aromatic carbocycles. The van der Waals surface area contributed by atoms with E-state index in [2.05, 4.69) is 213 Å². The van der Waals surface area contributed by atoms with Gasteiger partial charge >= 0.3 is 0 Å². The Bertz CT molecular complexity index is 4580. The van der Waals surface area contributed by atoms with E-state index in [1.165, 1.54) is 27.9 Å². The molecular formula is C60H35N11. The zero-order valence-corrected chi connectivity index (χ0v) is 37.6. The highest BCUT2D eigenvalue weighted by atomic mass is 15.3. The summed E-state index contributed by atoms with van der Waals surface area (Å²) in [6.45, 7) is 0. The molecule has 11 heteroatoms. The fourth-order valence-electron chi connectivity index (χ4n) is 11.7. The number of aromatic nitrogens is 11. The standard InChI is InChI=1S/C60H35N11/c1-7-19-50-38(13-1)42-25-23-36(29-52(42)69(50)58-21-9-11-27-61-58)67-48-17-5-3-15-40(48)44-31-46-47-32-45-41-16-4-6-18-49(41)68(55(45)34-57(47)71(56(46)33-54(44)67)60-65-63-35-64-66-60)37-24-26-43-39-14-2-8-20-51(39)70(53(43)30-37)59-22-10-12-28-62-59/h1-35H. The van der Waals surface area contributed by atoms with Crippen molar-refractivity contribution < 1.29 is 0 Å². The maximum atomic E-state index is 4.82. The second-order valence-corrected chi connectivity index (χ2v) is 18.1. The molecule has 0 aliphatic carbocycles. The first-order chi connectivity index (χ1) is 35.2. The molecule has 8 heterocycles. The summed E-state index contributed by atoms with van der Waals surface area (Å²) in [6, 6.07) is 69.5. The molecule has 0 saturated carbocycles. The molecule has 0 radical (unpaired) electrons. The van der Waals surface area contributed by atoms with Gasteiger partial charge < -0.3 is 9.13 Å². The minimum atomic E-state index is 0.388. The molecule has 16 rings (SSSR count). The molecule has 0 aliphatic rings. The average molecular weight is 910 g/mol. The predicted octanol–water partition coefficient (Wildman–Crippen LogP) is 13.5. The fourth-order valence-corrected chi connectivity index (χ4v) is 11.7. The summed E-state index contributed by atoms with van der Waals surface area (Å²) in [5.74, 6) is 2.13. The van der Waals surface area contributed by atoms with E-state index in [4.69, 9.17) is 9.97 Å². The molecule has 8 aromatic heterocycles. The molecule has 0 atom stereocenters. The first-order valence-electron chi connectivity index (χ1n) is 23.6. The van der Waals surface area contributed by atoms with Crippen molar-refractivity contribution in [3.8, 4) is 29.0 Å². The molecule has 0 N–H and O–H groups in total. The summed E-state index contributed by atoms with van der Waals surface area (Å²) in [6.07, 6.45) is 5.09. The number of nitrogens with zero attached hydrogens (tertiary/aromatic N) is 11. The fraction of sp³-hybridized carbons (Fsp3) is 0. The number of hydrogen-bond acceptors (Lipinski definition) is 6. The van der Waals surface area contributed by atoms with E-state index in [-0.39, 0.29) is 0 Å². The minimum Gasteiger partial charge on any atom is -0.309 e. The van der Waals surface area contributed by atoms with Gasteiger partial charge in [0, 0.05) is 77.6 Å². The van der Waals surface area contributed by atoms with Gasteiger partial charge in [0.05, 0.1) is 55.2 Å². The van der Waals surface area contributed by atoms with Crippen molar-refractivity contribution in [3.05, 3.63) is 213 Å². The molecule has 0 fully saturated rings. The smallest absolute Gasteiger partial charge is 0.273 e. The molecular weight excluding hydrogens is 875 g/mol. The van der Waals surface area contributed by atoms with E-state index >= 15 is 0 Å². The van der Waals surface area contributed by atoms with E-state index in [1.807, 2.05) is 36.7 Å². The van der Waals surface area contributed by atoms with Gasteiger partial charge in [-0.1, -0.05) is 97.1 Å². The average Bonchev–Trinajstić information content (AvgIpc) is 4.21. The molecule has 330 valence electrons. The van der Waals surface area contributed by atoms with Crippen molar-refractivity contribution in [1.82, 2.24) is 53.2 Å². The van der Waals surface area contributed by atoms with E-state index in [0.29, 0.717) is 5.95 Å². The van der Waals surface area contributed by atoms with Crippen LogP contribution in [0.3, 0.4) is 0 Å². The molecule has 0 amide bonds.